The Labute approximate surface area is 212 Å². The Kier molecular flexibility index (Phi) is 8.93. The SMILES string of the molecule is CC(C)(C)NC(=O)[C@@H]1CCCN1C(=O)[C@@H](O)[C@H](Cc1ccccc1)NC(=O)COc1cccc(N)c1. The molecule has 1 heterocycles. The summed E-state index contributed by atoms with van der Waals surface area (Å²) >= 11 is 0. The summed E-state index contributed by atoms with van der Waals surface area (Å²) in [6, 6.07) is 14.4. The fraction of sp³-hybridized carbons (Fsp3) is 0.444. The number of hydrogen-bond acceptors (Lipinski definition) is 6. The predicted octanol–water partition coefficient (Wildman–Crippen LogP) is 1.64. The van der Waals surface area contributed by atoms with E-state index in [1.165, 1.54) is 4.90 Å². The van der Waals surface area contributed by atoms with Crippen LogP contribution in [0.5, 0.6) is 5.75 Å². The minimum absolute atomic E-state index is 0.227. The molecule has 0 spiro atoms. The maximum Gasteiger partial charge on any atom is 0.258 e. The van der Waals surface area contributed by atoms with Crippen LogP contribution < -0.4 is 21.1 Å². The molecule has 2 aromatic rings. The van der Waals surface area contributed by atoms with Crippen molar-refractivity contribution in [3.05, 3.63) is 60.2 Å². The number of benzene rings is 2. The fourth-order valence-electron chi connectivity index (χ4n) is 4.21. The molecule has 1 fully saturated rings. The van der Waals surface area contributed by atoms with Crippen molar-refractivity contribution in [1.29, 1.82) is 0 Å². The van der Waals surface area contributed by atoms with Gasteiger partial charge in [0.15, 0.2) is 12.7 Å². The average molecular weight is 497 g/mol. The molecule has 3 rings (SSSR count). The van der Waals surface area contributed by atoms with E-state index in [9.17, 15) is 19.5 Å². The van der Waals surface area contributed by atoms with Crippen LogP contribution in [-0.4, -0.2) is 64.6 Å². The van der Waals surface area contributed by atoms with Crippen molar-refractivity contribution in [3.63, 3.8) is 0 Å². The molecule has 0 unspecified atom stereocenters. The van der Waals surface area contributed by atoms with Crippen LogP contribution in [0, 0.1) is 0 Å². The molecule has 1 saturated heterocycles. The van der Waals surface area contributed by atoms with E-state index in [2.05, 4.69) is 10.6 Å². The number of ether oxygens (including phenoxy) is 1. The summed E-state index contributed by atoms with van der Waals surface area (Å²) in [4.78, 5) is 40.3. The number of anilines is 1. The van der Waals surface area contributed by atoms with Gasteiger partial charge in [-0.05, 0) is 57.7 Å². The van der Waals surface area contributed by atoms with E-state index < -0.39 is 35.5 Å². The van der Waals surface area contributed by atoms with Crippen LogP contribution in [0.2, 0.25) is 0 Å². The zero-order valence-corrected chi connectivity index (χ0v) is 21.1. The molecule has 5 N–H and O–H groups in total. The van der Waals surface area contributed by atoms with Crippen LogP contribution >= 0.6 is 0 Å². The number of carbonyl (C=O) groups is 3. The van der Waals surface area contributed by atoms with Crippen molar-refractivity contribution >= 4 is 23.4 Å². The second-order valence-electron chi connectivity index (χ2n) is 10.1. The number of aliphatic hydroxyl groups is 1. The van der Waals surface area contributed by atoms with Crippen LogP contribution in [0.1, 0.15) is 39.2 Å². The van der Waals surface area contributed by atoms with Gasteiger partial charge in [-0.2, -0.15) is 0 Å². The number of carbonyl (C=O) groups excluding carboxylic acids is 3. The average Bonchev–Trinajstić information content (AvgIpc) is 3.31. The number of likely N-dealkylation sites (tertiary alicyclic amines) is 1. The van der Waals surface area contributed by atoms with E-state index >= 15 is 0 Å². The first kappa shape index (κ1) is 27.0. The number of nitrogens with zero attached hydrogens (tertiary/aromatic N) is 1. The Hall–Kier alpha value is -3.59. The highest BCUT2D eigenvalue weighted by Crippen LogP contribution is 2.21. The van der Waals surface area contributed by atoms with E-state index in [0.717, 1.165) is 5.56 Å². The molecule has 36 heavy (non-hydrogen) atoms. The second kappa shape index (κ2) is 11.9. The first-order valence-corrected chi connectivity index (χ1v) is 12.2. The van der Waals surface area contributed by atoms with Crippen molar-refractivity contribution in [1.82, 2.24) is 15.5 Å². The van der Waals surface area contributed by atoms with Crippen LogP contribution in [0.4, 0.5) is 5.69 Å². The Balaban J connectivity index is 1.71. The topological polar surface area (TPSA) is 134 Å². The highest BCUT2D eigenvalue weighted by molar-refractivity contribution is 5.91. The molecule has 194 valence electrons. The molecule has 3 amide bonds. The molecule has 9 heteroatoms. The minimum Gasteiger partial charge on any atom is -0.484 e. The van der Waals surface area contributed by atoms with Crippen molar-refractivity contribution < 1.29 is 24.2 Å². The zero-order valence-electron chi connectivity index (χ0n) is 21.1. The summed E-state index contributed by atoms with van der Waals surface area (Å²) in [5, 5.41) is 16.8. The van der Waals surface area contributed by atoms with Gasteiger partial charge in [0.1, 0.15) is 11.8 Å². The maximum absolute atomic E-state index is 13.4. The van der Waals surface area contributed by atoms with Gasteiger partial charge in [0, 0.05) is 23.8 Å². The summed E-state index contributed by atoms with van der Waals surface area (Å²) in [6.45, 7) is 5.67. The Morgan fingerprint density at radius 1 is 1.14 bits per heavy atom. The number of nitrogens with two attached hydrogens (primary N) is 1. The lowest BCUT2D eigenvalue weighted by atomic mass is 9.99. The molecule has 2 aromatic carbocycles. The summed E-state index contributed by atoms with van der Waals surface area (Å²) in [7, 11) is 0. The monoisotopic (exact) mass is 496 g/mol. The quantitative estimate of drug-likeness (QED) is 0.390. The van der Waals surface area contributed by atoms with Gasteiger partial charge in [0.2, 0.25) is 5.91 Å². The number of rotatable bonds is 9. The summed E-state index contributed by atoms with van der Waals surface area (Å²) in [5.74, 6) is -0.890. The van der Waals surface area contributed by atoms with Gasteiger partial charge >= 0.3 is 0 Å². The summed E-state index contributed by atoms with van der Waals surface area (Å²) < 4.78 is 5.51. The van der Waals surface area contributed by atoms with E-state index in [4.69, 9.17) is 10.5 Å². The first-order chi connectivity index (χ1) is 17.0. The Bertz CT molecular complexity index is 1050. The third kappa shape index (κ3) is 7.71. The largest absolute Gasteiger partial charge is 0.484 e. The molecule has 0 saturated carbocycles. The van der Waals surface area contributed by atoms with Gasteiger partial charge < -0.3 is 31.1 Å². The zero-order chi connectivity index (χ0) is 26.3. The van der Waals surface area contributed by atoms with Gasteiger partial charge in [0.05, 0.1) is 6.04 Å². The molecule has 0 radical (unpaired) electrons. The van der Waals surface area contributed by atoms with Crippen molar-refractivity contribution in [2.45, 2.75) is 63.8 Å². The number of hydrogen-bond donors (Lipinski definition) is 4. The van der Waals surface area contributed by atoms with Crippen LogP contribution in [-0.2, 0) is 20.8 Å². The van der Waals surface area contributed by atoms with E-state index in [1.54, 1.807) is 24.3 Å². The molecule has 0 bridgehead atoms. The van der Waals surface area contributed by atoms with Gasteiger partial charge in [-0.1, -0.05) is 36.4 Å². The molecule has 1 aliphatic rings. The number of amides is 3. The fourth-order valence-corrected chi connectivity index (χ4v) is 4.21. The molecule has 0 aromatic heterocycles. The summed E-state index contributed by atoms with van der Waals surface area (Å²) in [5.41, 5.74) is 6.65. The lowest BCUT2D eigenvalue weighted by Crippen LogP contribution is -2.57. The first-order valence-electron chi connectivity index (χ1n) is 12.2. The molecular weight excluding hydrogens is 460 g/mol. The molecule has 9 nitrogen and oxygen atoms in total. The number of nitrogen functional groups attached to an aromatic ring is 1. The lowest BCUT2D eigenvalue weighted by Gasteiger charge is -2.32. The van der Waals surface area contributed by atoms with Crippen molar-refractivity contribution in [2.75, 3.05) is 18.9 Å². The van der Waals surface area contributed by atoms with Gasteiger partial charge in [-0.25, -0.2) is 0 Å². The summed E-state index contributed by atoms with van der Waals surface area (Å²) in [6.07, 6.45) is -0.136. The van der Waals surface area contributed by atoms with Crippen LogP contribution in [0.15, 0.2) is 54.6 Å². The van der Waals surface area contributed by atoms with Crippen LogP contribution in [0.25, 0.3) is 0 Å². The molecule has 1 aliphatic heterocycles. The predicted molar refractivity (Wildman–Crippen MR) is 137 cm³/mol. The third-order valence-electron chi connectivity index (χ3n) is 5.84. The highest BCUT2D eigenvalue weighted by Gasteiger charge is 2.40. The number of aliphatic hydroxyl groups excluding tert-OH is 1. The number of nitrogens with one attached hydrogen (secondary N) is 2. The van der Waals surface area contributed by atoms with E-state index in [0.29, 0.717) is 30.8 Å². The minimum atomic E-state index is -1.54. The van der Waals surface area contributed by atoms with Gasteiger partial charge in [0.25, 0.3) is 11.8 Å². The second-order valence-corrected chi connectivity index (χ2v) is 10.1. The standard InChI is InChI=1S/C27H36N4O5/c1-27(2,3)30-25(34)22-13-8-14-31(22)26(35)24(33)21(15-18-9-5-4-6-10-18)29-23(32)17-36-20-12-7-11-19(28)16-20/h4-7,9-12,16,21-22,24,33H,8,13-15,17,28H2,1-3H3,(H,29,32)(H,30,34)/t21-,22-,24-/m0/s1. The molecule has 3 atom stereocenters. The van der Waals surface area contributed by atoms with Gasteiger partial charge in [-0.15, -0.1) is 0 Å². The lowest BCUT2D eigenvalue weighted by molar-refractivity contribution is -0.147. The normalized spacial score (nSPS) is 17.2. The van der Waals surface area contributed by atoms with Crippen molar-refractivity contribution in [2.24, 2.45) is 0 Å². The third-order valence-corrected chi connectivity index (χ3v) is 5.84. The van der Waals surface area contributed by atoms with E-state index in [-0.39, 0.29) is 18.9 Å². The highest BCUT2D eigenvalue weighted by atomic mass is 16.5. The van der Waals surface area contributed by atoms with E-state index in [1.807, 2.05) is 51.1 Å². The van der Waals surface area contributed by atoms with Crippen LogP contribution in [0.3, 0.4) is 0 Å². The maximum atomic E-state index is 13.4. The Morgan fingerprint density at radius 2 is 1.86 bits per heavy atom. The Morgan fingerprint density at radius 3 is 2.53 bits per heavy atom. The van der Waals surface area contributed by atoms with Crippen molar-refractivity contribution in [3.8, 4) is 5.75 Å². The molecule has 0 aliphatic carbocycles. The smallest absolute Gasteiger partial charge is 0.258 e. The molecular formula is C27H36N4O5. The van der Waals surface area contributed by atoms with Gasteiger partial charge in [-0.3, -0.25) is 14.4 Å².